The Morgan fingerprint density at radius 3 is 2.44 bits per heavy atom. The number of hydrogen-bond acceptors (Lipinski definition) is 1. The lowest BCUT2D eigenvalue weighted by Gasteiger charge is -1.72. The molecule has 0 atom stereocenters. The molecule has 0 aromatic carbocycles. The summed E-state index contributed by atoms with van der Waals surface area (Å²) in [4.78, 5) is 10.3. The van der Waals surface area contributed by atoms with Gasteiger partial charge in [-0.15, -0.1) is 0 Å². The molecule has 48 valence electrons. The maximum absolute atomic E-state index is 10.3. The second-order valence-corrected chi connectivity index (χ2v) is 1.59. The lowest BCUT2D eigenvalue weighted by atomic mass is 10.3. The maximum atomic E-state index is 10.3. The van der Waals surface area contributed by atoms with Crippen LogP contribution in [0.5, 0.6) is 0 Å². The van der Waals surface area contributed by atoms with E-state index in [1.54, 1.807) is 24.3 Å². The van der Waals surface area contributed by atoms with Crippen LogP contribution in [0.4, 0.5) is 0 Å². The molecule has 0 aliphatic carbocycles. The second kappa shape index (κ2) is 5.04. The molecule has 0 rings (SSSR count). The van der Waals surface area contributed by atoms with Gasteiger partial charge in [0, 0.05) is 0 Å². The Morgan fingerprint density at radius 1 is 1.33 bits per heavy atom. The number of ketones is 1. The highest BCUT2D eigenvalue weighted by Crippen LogP contribution is 1.78. The largest absolute Gasteiger partial charge is 0.295 e. The lowest BCUT2D eigenvalue weighted by Crippen LogP contribution is -1.77. The molecule has 0 N–H and O–H groups in total. The fourth-order valence-electron chi connectivity index (χ4n) is 0.334. The van der Waals surface area contributed by atoms with Gasteiger partial charge in [-0.1, -0.05) is 30.9 Å². The minimum atomic E-state index is 0.0590. The Kier molecular flexibility index (Phi) is 4.41. The summed E-state index contributed by atoms with van der Waals surface area (Å²) < 4.78 is 0. The number of carbonyl (C=O) groups excluding carboxylic acids is 1. The van der Waals surface area contributed by atoms with Gasteiger partial charge in [0.1, 0.15) is 0 Å². The Balaban J connectivity index is 3.59. The van der Waals surface area contributed by atoms with Crippen molar-refractivity contribution in [3.63, 3.8) is 0 Å². The zero-order chi connectivity index (χ0) is 7.11. The van der Waals surface area contributed by atoms with Crippen molar-refractivity contribution in [2.45, 2.75) is 6.92 Å². The lowest BCUT2D eigenvalue weighted by molar-refractivity contribution is -0.112. The molecule has 1 nitrogen and oxygen atoms in total. The average molecular weight is 122 g/mol. The average Bonchev–Trinajstić information content (AvgIpc) is 1.80. The summed E-state index contributed by atoms with van der Waals surface area (Å²) in [5.41, 5.74) is 0. The molecule has 0 aliphatic rings. The smallest absolute Gasteiger partial charge is 0.152 e. The van der Waals surface area contributed by atoms with Crippen molar-refractivity contribution in [2.75, 3.05) is 0 Å². The van der Waals surface area contributed by atoms with E-state index < -0.39 is 0 Å². The summed E-state index contributed by atoms with van der Waals surface area (Å²) >= 11 is 0. The highest BCUT2D eigenvalue weighted by atomic mass is 16.1. The van der Waals surface area contributed by atoms with Gasteiger partial charge in [-0.3, -0.25) is 4.79 Å². The van der Waals surface area contributed by atoms with E-state index in [-0.39, 0.29) is 5.78 Å². The molecule has 9 heavy (non-hydrogen) atoms. The minimum absolute atomic E-state index is 0.0590. The Hall–Kier alpha value is -1.11. The van der Waals surface area contributed by atoms with Crippen LogP contribution in [-0.4, -0.2) is 5.78 Å². The van der Waals surface area contributed by atoms with Crippen LogP contribution in [0.3, 0.4) is 0 Å². The third kappa shape index (κ3) is 6.89. The van der Waals surface area contributed by atoms with E-state index in [1.165, 1.54) is 13.0 Å². The third-order valence-corrected chi connectivity index (χ3v) is 0.689. The molecule has 0 fully saturated rings. The number of rotatable bonds is 3. The van der Waals surface area contributed by atoms with Crippen LogP contribution in [0.1, 0.15) is 6.92 Å². The predicted molar refractivity (Wildman–Crippen MR) is 39.2 cm³/mol. The highest BCUT2D eigenvalue weighted by molar-refractivity contribution is 5.87. The normalized spacial score (nSPS) is 10.8. The molecule has 0 amide bonds. The Bertz CT molecular complexity index is 152. The van der Waals surface area contributed by atoms with Crippen LogP contribution in [0.2, 0.25) is 0 Å². The van der Waals surface area contributed by atoms with Crippen LogP contribution in [0.25, 0.3) is 0 Å². The SMILES string of the molecule is C=CC=CC=CC(C)=O. The molecule has 0 aromatic rings. The van der Waals surface area contributed by atoms with Gasteiger partial charge in [0.05, 0.1) is 0 Å². The van der Waals surface area contributed by atoms with Gasteiger partial charge < -0.3 is 0 Å². The van der Waals surface area contributed by atoms with Crippen molar-refractivity contribution in [2.24, 2.45) is 0 Å². The van der Waals surface area contributed by atoms with Crippen molar-refractivity contribution in [3.8, 4) is 0 Å². The second-order valence-electron chi connectivity index (χ2n) is 1.59. The molecular formula is C8H10O. The Labute approximate surface area is 55.4 Å². The number of allylic oxidation sites excluding steroid dienone is 5. The topological polar surface area (TPSA) is 17.1 Å². The summed E-state index contributed by atoms with van der Waals surface area (Å²) in [6.07, 6.45) is 8.36. The van der Waals surface area contributed by atoms with Crippen molar-refractivity contribution < 1.29 is 4.79 Å². The van der Waals surface area contributed by atoms with Gasteiger partial charge >= 0.3 is 0 Å². The molecule has 0 spiro atoms. The predicted octanol–water partition coefficient (Wildman–Crippen LogP) is 1.87. The minimum Gasteiger partial charge on any atom is -0.295 e. The first-order chi connectivity index (χ1) is 4.27. The molecule has 1 heteroatoms. The van der Waals surface area contributed by atoms with Crippen molar-refractivity contribution in [1.82, 2.24) is 0 Å². The summed E-state index contributed by atoms with van der Waals surface area (Å²) in [5, 5.41) is 0. The maximum Gasteiger partial charge on any atom is 0.152 e. The molecule has 0 bridgehead atoms. The van der Waals surface area contributed by atoms with Gasteiger partial charge in [-0.05, 0) is 13.0 Å². The molecular weight excluding hydrogens is 112 g/mol. The van der Waals surface area contributed by atoms with Crippen molar-refractivity contribution in [1.29, 1.82) is 0 Å². The fraction of sp³-hybridized carbons (Fsp3) is 0.125. The molecule has 0 unspecified atom stereocenters. The van der Waals surface area contributed by atoms with Gasteiger partial charge in [-0.2, -0.15) is 0 Å². The first-order valence-electron chi connectivity index (χ1n) is 2.73. The molecule has 0 saturated carbocycles. The molecule has 0 aliphatic heterocycles. The summed E-state index contributed by atoms with van der Waals surface area (Å²) in [5.74, 6) is 0.0590. The molecule has 0 saturated heterocycles. The van der Waals surface area contributed by atoms with Crippen LogP contribution in [0, 0.1) is 0 Å². The fourth-order valence-corrected chi connectivity index (χ4v) is 0.334. The van der Waals surface area contributed by atoms with E-state index in [4.69, 9.17) is 0 Å². The quantitative estimate of drug-likeness (QED) is 0.412. The molecule has 0 radical (unpaired) electrons. The summed E-state index contributed by atoms with van der Waals surface area (Å²) in [7, 11) is 0. The monoisotopic (exact) mass is 122 g/mol. The Morgan fingerprint density at radius 2 is 2.00 bits per heavy atom. The summed E-state index contributed by atoms with van der Waals surface area (Å²) in [6, 6.07) is 0. The third-order valence-electron chi connectivity index (χ3n) is 0.689. The van der Waals surface area contributed by atoms with E-state index in [1.807, 2.05) is 0 Å². The van der Waals surface area contributed by atoms with Crippen molar-refractivity contribution in [3.05, 3.63) is 37.0 Å². The van der Waals surface area contributed by atoms with E-state index in [9.17, 15) is 4.79 Å². The zero-order valence-electron chi connectivity index (χ0n) is 5.50. The van der Waals surface area contributed by atoms with Gasteiger partial charge in [-0.25, -0.2) is 0 Å². The van der Waals surface area contributed by atoms with Crippen LogP contribution in [0.15, 0.2) is 37.0 Å². The van der Waals surface area contributed by atoms with Gasteiger partial charge in [0.15, 0.2) is 5.78 Å². The van der Waals surface area contributed by atoms with Crippen LogP contribution in [-0.2, 0) is 4.79 Å². The van der Waals surface area contributed by atoms with Crippen molar-refractivity contribution >= 4 is 5.78 Å². The van der Waals surface area contributed by atoms with E-state index in [0.29, 0.717) is 0 Å². The van der Waals surface area contributed by atoms with Crippen LogP contribution < -0.4 is 0 Å². The van der Waals surface area contributed by atoms with Gasteiger partial charge in [0.2, 0.25) is 0 Å². The highest BCUT2D eigenvalue weighted by Gasteiger charge is 1.75. The summed E-state index contributed by atoms with van der Waals surface area (Å²) in [6.45, 7) is 4.98. The first kappa shape index (κ1) is 7.89. The number of hydrogen-bond donors (Lipinski definition) is 0. The standard InChI is InChI=1S/C8H10O/c1-3-4-5-6-7-8(2)9/h3-7H,1H2,2H3. The molecule has 0 aromatic heterocycles. The van der Waals surface area contributed by atoms with Gasteiger partial charge in [0.25, 0.3) is 0 Å². The first-order valence-corrected chi connectivity index (χ1v) is 2.73. The molecule has 0 heterocycles. The van der Waals surface area contributed by atoms with Crippen LogP contribution >= 0.6 is 0 Å². The zero-order valence-corrected chi connectivity index (χ0v) is 5.50. The van der Waals surface area contributed by atoms with E-state index in [0.717, 1.165) is 0 Å². The van der Waals surface area contributed by atoms with E-state index in [2.05, 4.69) is 6.58 Å². The van der Waals surface area contributed by atoms with E-state index >= 15 is 0 Å². The number of carbonyl (C=O) groups is 1.